The lowest BCUT2D eigenvalue weighted by atomic mass is 9.95. The monoisotopic (exact) mass is 1250 g/mol. The summed E-state index contributed by atoms with van der Waals surface area (Å²) in [7, 11) is 0. The van der Waals surface area contributed by atoms with Gasteiger partial charge in [-0.1, -0.05) is 0 Å². The second kappa shape index (κ2) is 30.4. The molecular weight excluding hydrogens is 1170 g/mol. The Balaban J connectivity index is 1.10. The zero-order valence-electron chi connectivity index (χ0n) is 44.2. The van der Waals surface area contributed by atoms with E-state index in [1.54, 1.807) is 0 Å². The van der Waals surface area contributed by atoms with E-state index >= 15 is 0 Å². The molecule has 21 heterocycles. The van der Waals surface area contributed by atoms with Crippen molar-refractivity contribution in [3.63, 3.8) is 0 Å². The van der Waals surface area contributed by atoms with Crippen LogP contribution in [0.25, 0.3) is 0 Å². The molecule has 14 bridgehead atoms. The van der Waals surface area contributed by atoms with Gasteiger partial charge in [-0.3, -0.25) is 0 Å². The minimum atomic E-state index is -2.18. The molecule has 0 aromatic heterocycles. The second-order valence-corrected chi connectivity index (χ2v) is 23.3. The maximum Gasteiger partial charge on any atom is 0.187 e. The molecule has 14 unspecified atom stereocenters. The molecule has 0 aromatic rings. The Labute approximate surface area is 481 Å². The highest BCUT2D eigenvalue weighted by atomic mass is 32.2. The van der Waals surface area contributed by atoms with Crippen LogP contribution < -0.4 is 11.5 Å². The third kappa shape index (κ3) is 14.6. The number of rotatable bonds is 13. The van der Waals surface area contributed by atoms with Crippen LogP contribution in [0.3, 0.4) is 0 Å². The SMILES string of the molecule is NCCSCC1O[C@@H]2O[C@@H]3C(CO)O[C@@H](O[C@@H]4C(CO)O[C@@H](O[C@@H]5C(CSCCN)O[C@@H](O[C@@H]6C(CO)O[C@H](O[C@@H]7C(CO)O[C@H](O[C@@H]8C(CO)O[C@H](O[C@H]1[C@H](O)C2O)C(O)[C@H]8O)C(O)[C@H]7O)C(O)[C@H]6O)C(O)[C@H]5O)C(O)[C@H]4O)C(O)[C@H]3O. The first-order valence-corrected chi connectivity index (χ1v) is 29.3. The van der Waals surface area contributed by atoms with E-state index in [0.29, 0.717) is 11.5 Å². The van der Waals surface area contributed by atoms with Crippen molar-refractivity contribution in [2.45, 2.75) is 215 Å². The summed E-state index contributed by atoms with van der Waals surface area (Å²) in [4.78, 5) is 0. The highest BCUT2D eigenvalue weighted by Crippen LogP contribution is 2.39. The van der Waals surface area contributed by atoms with Crippen LogP contribution in [0, 0.1) is 0 Å². The Bertz CT molecular complexity index is 1940. The van der Waals surface area contributed by atoms with Gasteiger partial charge in [0.15, 0.2) is 44.0 Å². The Hall–Kier alpha value is -0.700. The Morgan fingerprint density at radius 3 is 0.542 bits per heavy atom. The van der Waals surface area contributed by atoms with E-state index in [1.165, 1.54) is 0 Å². The normalized spacial score (nSPS) is 52.2. The minimum absolute atomic E-state index is 0.0987. The van der Waals surface area contributed by atoms with Crippen LogP contribution in [0.1, 0.15) is 0 Å². The van der Waals surface area contributed by atoms with Gasteiger partial charge in [0.25, 0.3) is 0 Å². The summed E-state index contributed by atoms with van der Waals surface area (Å²) >= 11 is 2.32. The van der Waals surface area contributed by atoms with Crippen molar-refractivity contribution in [1.29, 1.82) is 0 Å². The summed E-state index contributed by atoms with van der Waals surface area (Å²) < 4.78 is 82.2. The summed E-state index contributed by atoms with van der Waals surface area (Å²) in [6, 6.07) is 0. The molecule has 35 atom stereocenters. The van der Waals surface area contributed by atoms with Gasteiger partial charge in [0, 0.05) is 36.1 Å². The lowest BCUT2D eigenvalue weighted by Gasteiger charge is -2.50. The number of hydrogen-bond acceptors (Lipinski definition) is 37. The van der Waals surface area contributed by atoms with Crippen LogP contribution in [-0.2, 0) is 66.3 Å². The molecule has 0 radical (unpaired) electrons. The average Bonchev–Trinajstić information content (AvgIpc) is 3.51. The van der Waals surface area contributed by atoms with Gasteiger partial charge in [-0.25, -0.2) is 0 Å². The number of aliphatic hydroxyl groups excluding tert-OH is 19. The molecule has 0 spiro atoms. The smallest absolute Gasteiger partial charge is 0.187 e. The van der Waals surface area contributed by atoms with Gasteiger partial charge in [-0.15, -0.1) is 0 Å². The van der Waals surface area contributed by atoms with Gasteiger partial charge in [0.05, 0.1) is 45.2 Å². The molecular formula is C46H80N2O33S2. The first-order valence-electron chi connectivity index (χ1n) is 27.0. The maximum absolute atomic E-state index is 11.7. The van der Waals surface area contributed by atoms with E-state index in [9.17, 15) is 97.0 Å². The van der Waals surface area contributed by atoms with E-state index < -0.39 is 248 Å². The summed E-state index contributed by atoms with van der Waals surface area (Å²) in [5.41, 5.74) is 11.4. The number of hydrogen-bond donors (Lipinski definition) is 21. The summed E-state index contributed by atoms with van der Waals surface area (Å²) in [6.07, 6.45) is -67.3. The fourth-order valence-corrected chi connectivity index (χ4v) is 12.6. The van der Waals surface area contributed by atoms with Crippen LogP contribution >= 0.6 is 23.5 Å². The van der Waals surface area contributed by atoms with E-state index in [-0.39, 0.29) is 24.6 Å². The van der Waals surface area contributed by atoms with E-state index in [4.69, 9.17) is 77.8 Å². The van der Waals surface area contributed by atoms with Crippen molar-refractivity contribution >= 4 is 23.5 Å². The quantitative estimate of drug-likeness (QED) is 0.0762. The van der Waals surface area contributed by atoms with E-state index in [1.807, 2.05) is 0 Å². The molecule has 21 rings (SSSR count). The molecule has 35 nitrogen and oxygen atoms in total. The van der Waals surface area contributed by atoms with Gasteiger partial charge in [-0.2, -0.15) is 23.5 Å². The zero-order chi connectivity index (χ0) is 60.3. The van der Waals surface area contributed by atoms with Crippen LogP contribution in [0.4, 0.5) is 0 Å². The Kier molecular flexibility index (Phi) is 25.0. The molecule has 21 aliphatic heterocycles. The van der Waals surface area contributed by atoms with Crippen LogP contribution in [0.5, 0.6) is 0 Å². The number of aliphatic hydroxyl groups is 19. The van der Waals surface area contributed by atoms with Gasteiger partial charge in [0.1, 0.15) is 159 Å². The number of nitrogens with two attached hydrogens (primary N) is 2. The molecule has 0 aliphatic carbocycles. The molecule has 21 aliphatic rings. The van der Waals surface area contributed by atoms with Gasteiger partial charge in [0.2, 0.25) is 0 Å². The molecule has 0 aromatic carbocycles. The number of ether oxygens (including phenoxy) is 14. The first kappa shape index (κ1) is 68.2. The third-order valence-corrected chi connectivity index (χ3v) is 17.7. The minimum Gasteiger partial charge on any atom is -0.394 e. The molecule has 484 valence electrons. The van der Waals surface area contributed by atoms with Crippen LogP contribution in [0.2, 0.25) is 0 Å². The van der Waals surface area contributed by atoms with Gasteiger partial charge < -0.3 is 175 Å². The van der Waals surface area contributed by atoms with Crippen molar-refractivity contribution < 1.29 is 163 Å². The van der Waals surface area contributed by atoms with Crippen molar-refractivity contribution in [2.24, 2.45) is 11.5 Å². The van der Waals surface area contributed by atoms with Crippen LogP contribution in [-0.4, -0.2) is 381 Å². The largest absolute Gasteiger partial charge is 0.394 e. The third-order valence-electron chi connectivity index (χ3n) is 15.5. The molecule has 0 saturated carbocycles. The molecule has 37 heteroatoms. The Morgan fingerprint density at radius 1 is 0.229 bits per heavy atom. The van der Waals surface area contributed by atoms with Crippen molar-refractivity contribution in [1.82, 2.24) is 0 Å². The van der Waals surface area contributed by atoms with Crippen molar-refractivity contribution in [3.8, 4) is 0 Å². The Morgan fingerprint density at radius 2 is 0.386 bits per heavy atom. The fraction of sp³-hybridized carbons (Fsp3) is 1.00. The highest BCUT2D eigenvalue weighted by molar-refractivity contribution is 7.99. The number of thioether (sulfide) groups is 2. The van der Waals surface area contributed by atoms with Crippen molar-refractivity contribution in [3.05, 3.63) is 0 Å². The van der Waals surface area contributed by atoms with Gasteiger partial charge in [-0.05, 0) is 0 Å². The maximum atomic E-state index is 11.7. The molecule has 21 fully saturated rings. The predicted octanol–water partition coefficient (Wildman–Crippen LogP) is -13.8. The summed E-state index contributed by atoms with van der Waals surface area (Å²) in [5, 5.41) is 213. The molecule has 83 heavy (non-hydrogen) atoms. The zero-order valence-corrected chi connectivity index (χ0v) is 45.8. The van der Waals surface area contributed by atoms with Crippen molar-refractivity contribution in [2.75, 3.05) is 69.1 Å². The molecule has 23 N–H and O–H groups in total. The second-order valence-electron chi connectivity index (χ2n) is 21.0. The predicted molar refractivity (Wildman–Crippen MR) is 267 cm³/mol. The lowest BCUT2D eigenvalue weighted by molar-refractivity contribution is -0.395. The first-order chi connectivity index (χ1) is 39.7. The fourth-order valence-electron chi connectivity index (χ4n) is 11.0. The standard InChI is InChI=1S/C46H80N2O33S2/c47-1-3-82-10-17-38-25(60)32(67)46(74-17)79-37-16(9-53)70-42(28(63)21(37)56)77-35-14(7-51)72-44(30(65)23(35)58)81-39-18(11-83-4-2-48)73-45(31(66)24(39)59)78-36-15(8-52)69-41(27(62)20(36)55)75-33-12(5-49)68-40(26(61)19(33)54)76-34-13(6-50)71-43(80-38)29(64)22(34)57/h12-46,49-67H,1-11,47-48H2/t12?,13?,14?,15?,16?,17?,18?,19-,20-,21-,22-,23-,24-,25-,26?,27?,28?,29?,30?,31?,32?,33-,34-,35-,36-,37-,38-,39-,40-,41-,42+,43-,44+,45+,46-/m1/s1. The van der Waals surface area contributed by atoms with Gasteiger partial charge >= 0.3 is 0 Å². The molecule has 21 saturated heterocycles. The molecule has 0 amide bonds. The summed E-state index contributed by atoms with van der Waals surface area (Å²) in [6.45, 7) is -4.73. The highest BCUT2D eigenvalue weighted by Gasteiger charge is 2.59. The van der Waals surface area contributed by atoms with E-state index in [2.05, 4.69) is 0 Å². The lowest BCUT2D eigenvalue weighted by Crippen LogP contribution is -2.68. The topological polar surface area (TPSA) is 566 Å². The average molecular weight is 1250 g/mol. The summed E-state index contributed by atoms with van der Waals surface area (Å²) in [5.74, 6) is 0.400. The van der Waals surface area contributed by atoms with Crippen LogP contribution in [0.15, 0.2) is 0 Å². The van der Waals surface area contributed by atoms with E-state index in [0.717, 1.165) is 23.5 Å².